The number of rotatable bonds is 5. The standard InChI is InChI=1S/C17H32N4O2.HI/c1-2-18-16(19-14-17(22)5-3-6-17)21-9-7-20(8-10-21)12-15-4-11-23-13-15;/h15,22H,2-14H2,1H3,(H,18,19);1H. The predicted octanol–water partition coefficient (Wildman–Crippen LogP) is 1.14. The van der Waals surface area contributed by atoms with Gasteiger partial charge in [-0.2, -0.15) is 0 Å². The van der Waals surface area contributed by atoms with Gasteiger partial charge in [0.25, 0.3) is 0 Å². The fraction of sp³-hybridized carbons (Fsp3) is 0.941. The summed E-state index contributed by atoms with van der Waals surface area (Å²) in [7, 11) is 0. The summed E-state index contributed by atoms with van der Waals surface area (Å²) < 4.78 is 5.48. The third-order valence-electron chi connectivity index (χ3n) is 5.35. The maximum Gasteiger partial charge on any atom is 0.194 e. The number of halogens is 1. The molecule has 1 unspecified atom stereocenters. The second-order valence-corrected chi connectivity index (χ2v) is 7.27. The van der Waals surface area contributed by atoms with Gasteiger partial charge in [0.2, 0.25) is 0 Å². The molecule has 6 nitrogen and oxygen atoms in total. The van der Waals surface area contributed by atoms with E-state index in [9.17, 15) is 5.11 Å². The van der Waals surface area contributed by atoms with Crippen molar-refractivity contribution in [1.29, 1.82) is 0 Å². The molecule has 2 saturated heterocycles. The van der Waals surface area contributed by atoms with Gasteiger partial charge >= 0.3 is 0 Å². The van der Waals surface area contributed by atoms with Gasteiger partial charge in [0.1, 0.15) is 0 Å². The lowest BCUT2D eigenvalue weighted by molar-refractivity contribution is -0.0238. The third-order valence-corrected chi connectivity index (χ3v) is 5.35. The van der Waals surface area contributed by atoms with Crippen molar-refractivity contribution in [3.05, 3.63) is 0 Å². The van der Waals surface area contributed by atoms with E-state index >= 15 is 0 Å². The predicted molar refractivity (Wildman–Crippen MR) is 107 cm³/mol. The molecule has 1 atom stereocenters. The van der Waals surface area contributed by atoms with Gasteiger partial charge in [-0.1, -0.05) is 0 Å². The number of piperazine rings is 1. The third kappa shape index (κ3) is 5.44. The molecule has 1 saturated carbocycles. The summed E-state index contributed by atoms with van der Waals surface area (Å²) in [6, 6.07) is 0. The fourth-order valence-electron chi connectivity index (χ4n) is 3.63. The van der Waals surface area contributed by atoms with E-state index < -0.39 is 5.60 Å². The Hall–Kier alpha value is -0.120. The molecule has 3 rings (SSSR count). The monoisotopic (exact) mass is 452 g/mol. The molecule has 7 heteroatoms. The number of nitrogens with one attached hydrogen (secondary N) is 1. The molecular formula is C17H33IN4O2. The summed E-state index contributed by atoms with van der Waals surface area (Å²) in [5, 5.41) is 13.6. The first-order chi connectivity index (χ1) is 11.2. The number of hydrogen-bond acceptors (Lipinski definition) is 4. The Morgan fingerprint density at radius 3 is 2.58 bits per heavy atom. The average Bonchev–Trinajstić information content (AvgIpc) is 3.03. The molecular weight excluding hydrogens is 419 g/mol. The summed E-state index contributed by atoms with van der Waals surface area (Å²) in [5.74, 6) is 1.69. The molecule has 1 aliphatic carbocycles. The van der Waals surface area contributed by atoms with Crippen LogP contribution in [0.3, 0.4) is 0 Å². The van der Waals surface area contributed by atoms with Gasteiger partial charge in [0.05, 0.1) is 18.8 Å². The minimum Gasteiger partial charge on any atom is -0.388 e. The van der Waals surface area contributed by atoms with Gasteiger partial charge in [-0.3, -0.25) is 9.89 Å². The zero-order chi connectivity index (χ0) is 16.1. The SMILES string of the molecule is CCNC(=NCC1(O)CCC1)N1CCN(CC2CCOC2)CC1.I. The molecule has 0 aromatic carbocycles. The first kappa shape index (κ1) is 20.2. The average molecular weight is 452 g/mol. The summed E-state index contributed by atoms with van der Waals surface area (Å²) in [5.41, 5.74) is -0.537. The van der Waals surface area contributed by atoms with E-state index in [-0.39, 0.29) is 24.0 Å². The quantitative estimate of drug-likeness (QED) is 0.372. The zero-order valence-electron chi connectivity index (χ0n) is 14.9. The Bertz CT molecular complexity index is 403. The molecule has 140 valence electrons. The Morgan fingerprint density at radius 1 is 1.29 bits per heavy atom. The van der Waals surface area contributed by atoms with Gasteiger partial charge in [-0.05, 0) is 38.5 Å². The smallest absolute Gasteiger partial charge is 0.194 e. The minimum atomic E-state index is -0.537. The van der Waals surface area contributed by atoms with E-state index in [0.29, 0.717) is 6.54 Å². The van der Waals surface area contributed by atoms with E-state index in [1.54, 1.807) is 0 Å². The van der Waals surface area contributed by atoms with Crippen molar-refractivity contribution in [2.75, 3.05) is 59.0 Å². The van der Waals surface area contributed by atoms with Crippen LogP contribution < -0.4 is 5.32 Å². The lowest BCUT2D eigenvalue weighted by Gasteiger charge is -2.39. The number of hydrogen-bond donors (Lipinski definition) is 2. The van der Waals surface area contributed by atoms with Crippen LogP contribution in [0.2, 0.25) is 0 Å². The first-order valence-corrected chi connectivity index (χ1v) is 9.24. The highest BCUT2D eigenvalue weighted by Gasteiger charge is 2.34. The van der Waals surface area contributed by atoms with Crippen LogP contribution in [0.1, 0.15) is 32.6 Å². The van der Waals surface area contributed by atoms with Crippen molar-refractivity contribution in [3.63, 3.8) is 0 Å². The Labute approximate surface area is 163 Å². The molecule has 0 aromatic rings. The zero-order valence-corrected chi connectivity index (χ0v) is 17.2. The molecule has 2 N–H and O–H groups in total. The van der Waals surface area contributed by atoms with Gasteiger partial charge in [-0.25, -0.2) is 0 Å². The van der Waals surface area contributed by atoms with Crippen LogP contribution in [0.5, 0.6) is 0 Å². The normalized spacial score (nSPS) is 27.5. The molecule has 0 spiro atoms. The number of ether oxygens (including phenoxy) is 1. The summed E-state index contributed by atoms with van der Waals surface area (Å²) in [6.45, 7) is 10.7. The van der Waals surface area contributed by atoms with Crippen LogP contribution in [-0.2, 0) is 4.74 Å². The Morgan fingerprint density at radius 2 is 2.04 bits per heavy atom. The summed E-state index contributed by atoms with van der Waals surface area (Å²) in [4.78, 5) is 9.60. The fourth-order valence-corrected chi connectivity index (χ4v) is 3.63. The largest absolute Gasteiger partial charge is 0.388 e. The maximum atomic E-state index is 10.3. The van der Waals surface area contributed by atoms with Crippen molar-refractivity contribution in [3.8, 4) is 0 Å². The van der Waals surface area contributed by atoms with Crippen LogP contribution in [0.15, 0.2) is 4.99 Å². The van der Waals surface area contributed by atoms with Crippen molar-refractivity contribution in [2.24, 2.45) is 10.9 Å². The number of aliphatic hydroxyl groups is 1. The molecule has 0 bridgehead atoms. The van der Waals surface area contributed by atoms with Crippen molar-refractivity contribution >= 4 is 29.9 Å². The number of aliphatic imine (C=N–C) groups is 1. The van der Waals surface area contributed by atoms with Gasteiger partial charge < -0.3 is 20.1 Å². The van der Waals surface area contributed by atoms with Crippen LogP contribution in [0, 0.1) is 5.92 Å². The molecule has 24 heavy (non-hydrogen) atoms. The van der Waals surface area contributed by atoms with E-state index in [1.807, 2.05) is 0 Å². The van der Waals surface area contributed by atoms with Crippen molar-refractivity contribution < 1.29 is 9.84 Å². The van der Waals surface area contributed by atoms with E-state index in [4.69, 9.17) is 9.73 Å². The number of guanidine groups is 1. The summed E-state index contributed by atoms with van der Waals surface area (Å²) in [6.07, 6.45) is 4.13. The van der Waals surface area contributed by atoms with Crippen molar-refractivity contribution in [2.45, 2.75) is 38.2 Å². The second-order valence-electron chi connectivity index (χ2n) is 7.27. The molecule has 2 heterocycles. The molecule has 0 amide bonds. The van der Waals surface area contributed by atoms with E-state index in [1.165, 1.54) is 13.0 Å². The van der Waals surface area contributed by atoms with E-state index in [0.717, 1.165) is 77.1 Å². The Kier molecular flexibility index (Phi) is 8.03. The maximum absolute atomic E-state index is 10.3. The van der Waals surface area contributed by atoms with Crippen LogP contribution in [-0.4, -0.2) is 85.5 Å². The van der Waals surface area contributed by atoms with E-state index in [2.05, 4.69) is 22.0 Å². The second kappa shape index (κ2) is 9.54. The number of nitrogens with zero attached hydrogens (tertiary/aromatic N) is 3. The molecule has 3 fully saturated rings. The van der Waals surface area contributed by atoms with Gasteiger partial charge in [-0.15, -0.1) is 24.0 Å². The molecule has 3 aliphatic rings. The summed E-state index contributed by atoms with van der Waals surface area (Å²) >= 11 is 0. The highest BCUT2D eigenvalue weighted by Crippen LogP contribution is 2.31. The van der Waals surface area contributed by atoms with Crippen LogP contribution >= 0.6 is 24.0 Å². The Balaban J connectivity index is 0.00000208. The lowest BCUT2D eigenvalue weighted by atomic mass is 9.80. The first-order valence-electron chi connectivity index (χ1n) is 9.24. The lowest BCUT2D eigenvalue weighted by Crippen LogP contribution is -2.53. The molecule has 0 radical (unpaired) electrons. The minimum absolute atomic E-state index is 0. The molecule has 2 aliphatic heterocycles. The van der Waals surface area contributed by atoms with Crippen molar-refractivity contribution in [1.82, 2.24) is 15.1 Å². The van der Waals surface area contributed by atoms with Gasteiger partial charge in [0.15, 0.2) is 5.96 Å². The highest BCUT2D eigenvalue weighted by molar-refractivity contribution is 14.0. The van der Waals surface area contributed by atoms with Crippen LogP contribution in [0.4, 0.5) is 0 Å². The van der Waals surface area contributed by atoms with Gasteiger partial charge in [0, 0.05) is 45.9 Å². The highest BCUT2D eigenvalue weighted by atomic mass is 127. The molecule has 0 aromatic heterocycles. The topological polar surface area (TPSA) is 60.3 Å². The van der Waals surface area contributed by atoms with Crippen LogP contribution in [0.25, 0.3) is 0 Å².